The van der Waals surface area contributed by atoms with Gasteiger partial charge in [0.05, 0.1) is 30.9 Å². The lowest BCUT2D eigenvalue weighted by molar-refractivity contribution is 0.407. The Hall–Kier alpha value is -2.41. The van der Waals surface area contributed by atoms with Crippen molar-refractivity contribution in [2.24, 2.45) is 0 Å². The summed E-state index contributed by atoms with van der Waals surface area (Å²) in [7, 11) is 3.23. The molecule has 2 heterocycles. The molecule has 0 aliphatic heterocycles. The van der Waals surface area contributed by atoms with Gasteiger partial charge >= 0.3 is 5.16 Å². The highest BCUT2D eigenvalue weighted by atomic mass is 32.2. The van der Waals surface area contributed by atoms with Crippen molar-refractivity contribution in [2.75, 3.05) is 14.2 Å². The number of rotatable bonds is 5. The molecule has 1 unspecified atom stereocenters. The average Bonchev–Trinajstić information content (AvgIpc) is 3.01. The number of nitrogens with zero attached hydrogens (tertiary/aromatic N) is 2. The highest BCUT2D eigenvalue weighted by molar-refractivity contribution is 7.90. The van der Waals surface area contributed by atoms with Gasteiger partial charge in [-0.15, -0.1) is 0 Å². The van der Waals surface area contributed by atoms with Crippen LogP contribution in [0.3, 0.4) is 0 Å². The van der Waals surface area contributed by atoms with E-state index < -0.39 is 11.2 Å². The standard InChI is InChI=1S/C17H19N3O3S.4H2O/c1-10-8-18-15(11(2)16(10)23-4)9-24(21)17-19-13-6-5-12(22-3)7-14(13)20-17;;;;/h5-8H,9H2,1-4H3,(H,19,20);4*1H2. The van der Waals surface area contributed by atoms with Crippen LogP contribution in [0, 0.1) is 13.8 Å². The Morgan fingerprint density at radius 2 is 1.75 bits per heavy atom. The van der Waals surface area contributed by atoms with Gasteiger partial charge in [0, 0.05) is 34.6 Å². The summed E-state index contributed by atoms with van der Waals surface area (Å²) in [5.41, 5.74) is 4.16. The first kappa shape index (κ1) is 27.8. The SMILES string of the molecule is COc1ccc2[nH]c([S+]([O-])Cc3ncc(C)c(OC)c3C)nc2c1.O.O.O.O. The highest BCUT2D eigenvalue weighted by Crippen LogP contribution is 2.27. The number of fused-ring (bicyclic) bond motifs is 1. The number of hydrogen-bond donors (Lipinski definition) is 1. The molecule has 3 rings (SSSR count). The highest BCUT2D eigenvalue weighted by Gasteiger charge is 2.21. The smallest absolute Gasteiger partial charge is 0.322 e. The Morgan fingerprint density at radius 1 is 1.07 bits per heavy atom. The van der Waals surface area contributed by atoms with Crippen LogP contribution >= 0.6 is 0 Å². The maximum Gasteiger partial charge on any atom is 0.322 e. The van der Waals surface area contributed by atoms with Crippen molar-refractivity contribution >= 4 is 22.2 Å². The number of aromatic nitrogens is 3. The predicted octanol–water partition coefficient (Wildman–Crippen LogP) is -0.399. The molecule has 9 N–H and O–H groups in total. The molecule has 0 spiro atoms. The molecular weight excluding hydrogens is 390 g/mol. The van der Waals surface area contributed by atoms with Gasteiger partial charge in [-0.1, -0.05) is 0 Å². The average molecular weight is 417 g/mol. The minimum atomic E-state index is -1.33. The third kappa shape index (κ3) is 5.32. The zero-order valence-corrected chi connectivity index (χ0v) is 16.9. The zero-order valence-electron chi connectivity index (χ0n) is 16.0. The lowest BCUT2D eigenvalue weighted by Gasteiger charge is -2.13. The third-order valence-electron chi connectivity index (χ3n) is 3.90. The molecule has 3 aromatic rings. The van der Waals surface area contributed by atoms with Crippen LogP contribution in [-0.4, -0.2) is 55.6 Å². The van der Waals surface area contributed by atoms with Gasteiger partial charge < -0.3 is 35.9 Å². The van der Waals surface area contributed by atoms with Crippen LogP contribution in [0.1, 0.15) is 16.8 Å². The van der Waals surface area contributed by atoms with Crippen LogP contribution in [0.4, 0.5) is 0 Å². The number of imidazole rings is 1. The van der Waals surface area contributed by atoms with E-state index in [1.54, 1.807) is 20.4 Å². The summed E-state index contributed by atoms with van der Waals surface area (Å²) < 4.78 is 23.3. The molecule has 0 saturated carbocycles. The van der Waals surface area contributed by atoms with Crippen molar-refractivity contribution < 1.29 is 35.9 Å². The van der Waals surface area contributed by atoms with Crippen LogP contribution in [0.25, 0.3) is 11.0 Å². The maximum atomic E-state index is 12.7. The molecule has 10 nitrogen and oxygen atoms in total. The number of ether oxygens (including phenoxy) is 2. The molecule has 0 bridgehead atoms. The normalized spacial score (nSPS) is 10.6. The lowest BCUT2D eigenvalue weighted by Crippen LogP contribution is -2.10. The van der Waals surface area contributed by atoms with Crippen LogP contribution in [0.5, 0.6) is 11.5 Å². The predicted molar refractivity (Wildman–Crippen MR) is 107 cm³/mol. The Balaban J connectivity index is 0. The van der Waals surface area contributed by atoms with Gasteiger partial charge in [0.15, 0.2) is 5.75 Å². The Kier molecular flexibility index (Phi) is 11.4. The number of methoxy groups -OCH3 is 2. The largest absolute Gasteiger partial charge is 0.609 e. The fraction of sp³-hybridized carbons (Fsp3) is 0.294. The first-order chi connectivity index (χ1) is 11.5. The molecule has 2 aromatic heterocycles. The van der Waals surface area contributed by atoms with E-state index in [0.717, 1.165) is 33.6 Å². The lowest BCUT2D eigenvalue weighted by atomic mass is 10.1. The minimum Gasteiger partial charge on any atom is -0.609 e. The van der Waals surface area contributed by atoms with E-state index in [1.165, 1.54) is 0 Å². The molecule has 11 heteroatoms. The molecule has 0 saturated heterocycles. The summed E-state index contributed by atoms with van der Waals surface area (Å²) in [6, 6.07) is 5.51. The molecule has 1 aromatic carbocycles. The second-order valence-corrected chi connectivity index (χ2v) is 6.83. The van der Waals surface area contributed by atoms with Crippen molar-refractivity contribution in [2.45, 2.75) is 24.8 Å². The van der Waals surface area contributed by atoms with Crippen LogP contribution in [0.2, 0.25) is 0 Å². The second-order valence-electron chi connectivity index (χ2n) is 5.46. The summed E-state index contributed by atoms with van der Waals surface area (Å²) in [6.45, 7) is 3.86. The zero-order chi connectivity index (χ0) is 17.3. The first-order valence-electron chi connectivity index (χ1n) is 7.44. The molecular formula is C17H27N3O7S. The van der Waals surface area contributed by atoms with Crippen molar-refractivity contribution in [1.29, 1.82) is 0 Å². The van der Waals surface area contributed by atoms with E-state index in [4.69, 9.17) is 9.47 Å². The van der Waals surface area contributed by atoms with Crippen molar-refractivity contribution in [1.82, 2.24) is 15.0 Å². The molecule has 0 aliphatic rings. The van der Waals surface area contributed by atoms with Gasteiger partial charge in [-0.2, -0.15) is 4.98 Å². The molecule has 0 aliphatic carbocycles. The summed E-state index contributed by atoms with van der Waals surface area (Å²) in [6.07, 6.45) is 1.74. The number of H-pyrrole nitrogens is 1. The molecule has 0 fully saturated rings. The van der Waals surface area contributed by atoms with E-state index in [2.05, 4.69) is 15.0 Å². The molecule has 0 radical (unpaired) electrons. The fourth-order valence-electron chi connectivity index (χ4n) is 2.61. The Morgan fingerprint density at radius 3 is 2.36 bits per heavy atom. The summed E-state index contributed by atoms with van der Waals surface area (Å²) >= 11 is -1.33. The van der Waals surface area contributed by atoms with Crippen LogP contribution < -0.4 is 9.47 Å². The molecule has 1 atom stereocenters. The van der Waals surface area contributed by atoms with Crippen LogP contribution in [-0.2, 0) is 16.9 Å². The topological polar surface area (TPSA) is 209 Å². The molecule has 0 amide bonds. The maximum absolute atomic E-state index is 12.7. The van der Waals surface area contributed by atoms with Gasteiger partial charge in [-0.05, 0) is 26.0 Å². The Labute approximate surface area is 165 Å². The number of pyridine rings is 1. The van der Waals surface area contributed by atoms with E-state index in [9.17, 15) is 4.55 Å². The van der Waals surface area contributed by atoms with Crippen LogP contribution in [0.15, 0.2) is 29.6 Å². The van der Waals surface area contributed by atoms with E-state index >= 15 is 0 Å². The van der Waals surface area contributed by atoms with Gasteiger partial charge in [-0.3, -0.25) is 9.97 Å². The van der Waals surface area contributed by atoms with Crippen molar-refractivity contribution in [3.05, 3.63) is 41.2 Å². The summed E-state index contributed by atoms with van der Waals surface area (Å²) in [4.78, 5) is 11.9. The number of hydrogen-bond acceptors (Lipinski definition) is 5. The molecule has 28 heavy (non-hydrogen) atoms. The number of benzene rings is 1. The van der Waals surface area contributed by atoms with Crippen molar-refractivity contribution in [3.63, 3.8) is 0 Å². The van der Waals surface area contributed by atoms with Gasteiger partial charge in [0.1, 0.15) is 11.5 Å². The number of nitrogens with one attached hydrogen (secondary N) is 1. The number of aromatic amines is 1. The van der Waals surface area contributed by atoms with E-state index in [-0.39, 0.29) is 27.7 Å². The number of aryl methyl sites for hydroxylation is 1. The summed E-state index contributed by atoms with van der Waals surface area (Å²) in [5.74, 6) is 1.78. The fourth-order valence-corrected chi connectivity index (χ4v) is 3.71. The van der Waals surface area contributed by atoms with Gasteiger partial charge in [0.25, 0.3) is 0 Å². The van der Waals surface area contributed by atoms with E-state index in [1.807, 2.05) is 32.0 Å². The minimum absolute atomic E-state index is 0. The quantitative estimate of drug-likeness (QED) is 0.547. The Bertz CT molecular complexity index is 889. The van der Waals surface area contributed by atoms with E-state index in [0.29, 0.717) is 10.9 Å². The van der Waals surface area contributed by atoms with Gasteiger partial charge in [-0.25, -0.2) is 0 Å². The first-order valence-corrected chi connectivity index (χ1v) is 8.76. The monoisotopic (exact) mass is 417 g/mol. The third-order valence-corrected chi connectivity index (χ3v) is 5.06. The second kappa shape index (κ2) is 11.4. The summed E-state index contributed by atoms with van der Waals surface area (Å²) in [5, 5.41) is 0.430. The van der Waals surface area contributed by atoms with Gasteiger partial charge in [0.2, 0.25) is 0 Å². The van der Waals surface area contributed by atoms with Crippen molar-refractivity contribution in [3.8, 4) is 11.5 Å². The molecule has 158 valence electrons.